The third-order valence-corrected chi connectivity index (χ3v) is 9.81. The molecule has 1 aliphatic rings. The van der Waals surface area contributed by atoms with Gasteiger partial charge < -0.3 is 14.2 Å². The fraction of sp³-hybridized carbons (Fsp3) is 0.219. The number of fused-ring (bicyclic) bond motifs is 1. The number of hydrogen-bond acceptors (Lipinski definition) is 9. The highest BCUT2D eigenvalue weighted by Gasteiger charge is 2.49. The van der Waals surface area contributed by atoms with Crippen LogP contribution in [0.5, 0.6) is 5.75 Å². The molecule has 2 aromatic carbocycles. The Morgan fingerprint density at radius 3 is 2.57 bits per heavy atom. The fourth-order valence-corrected chi connectivity index (χ4v) is 7.25. The largest absolute Gasteiger partial charge is 0.505 e. The van der Waals surface area contributed by atoms with E-state index in [1.165, 1.54) is 28.0 Å². The third kappa shape index (κ3) is 5.47. The van der Waals surface area contributed by atoms with Gasteiger partial charge in [-0.3, -0.25) is 14.5 Å². The lowest BCUT2D eigenvalue weighted by Gasteiger charge is -2.22. The first-order chi connectivity index (χ1) is 21.3. The minimum atomic E-state index is -0.963. The van der Waals surface area contributed by atoms with Gasteiger partial charge in [0.2, 0.25) is 5.13 Å². The molecule has 12 heteroatoms. The van der Waals surface area contributed by atoms with Crippen LogP contribution >= 0.6 is 34.7 Å². The number of halogens is 1. The van der Waals surface area contributed by atoms with Crippen LogP contribution < -0.4 is 9.64 Å². The summed E-state index contributed by atoms with van der Waals surface area (Å²) < 4.78 is 8.21. The Labute approximate surface area is 267 Å². The van der Waals surface area contributed by atoms with Gasteiger partial charge in [-0.2, -0.15) is 0 Å². The SMILES string of the molecule is CCCOc1ccc(C2C(=C(O)c3nc4c(C)cccn4c3C)C(=O)C(=O)N2c2nnc(SCc3ccccc3Cl)s2)cc1. The summed E-state index contributed by atoms with van der Waals surface area (Å²) in [6.07, 6.45) is 2.70. The fourth-order valence-electron chi connectivity index (χ4n) is 5.10. The molecule has 5 aromatic rings. The Balaban J connectivity index is 1.43. The maximum atomic E-state index is 13.7. The number of anilines is 1. The van der Waals surface area contributed by atoms with E-state index in [4.69, 9.17) is 16.3 Å². The predicted octanol–water partition coefficient (Wildman–Crippen LogP) is 7.16. The highest BCUT2D eigenvalue weighted by atomic mass is 35.5. The lowest BCUT2D eigenvalue weighted by Crippen LogP contribution is -2.29. The number of nitrogens with zero attached hydrogens (tertiary/aromatic N) is 5. The minimum absolute atomic E-state index is 0.0677. The number of aromatic nitrogens is 4. The van der Waals surface area contributed by atoms with Gasteiger partial charge in [0.15, 0.2) is 10.1 Å². The number of aliphatic hydroxyl groups excluding tert-OH is 1. The highest BCUT2D eigenvalue weighted by Crippen LogP contribution is 2.44. The number of rotatable bonds is 9. The molecule has 1 fully saturated rings. The zero-order valence-corrected chi connectivity index (χ0v) is 26.5. The zero-order valence-electron chi connectivity index (χ0n) is 24.2. The van der Waals surface area contributed by atoms with Crippen molar-refractivity contribution in [3.63, 3.8) is 0 Å². The number of benzene rings is 2. The van der Waals surface area contributed by atoms with Crippen LogP contribution in [0.3, 0.4) is 0 Å². The van der Waals surface area contributed by atoms with Gasteiger partial charge in [0.05, 0.1) is 23.9 Å². The standard InChI is InChI=1S/C32H28ClN5O4S2/c1-4-16-42-22-13-11-20(12-14-22)26-24(27(39)25-19(3)37-15-7-8-18(2)29(37)34-25)28(40)30(41)38(26)31-35-36-32(44-31)43-17-21-9-5-6-10-23(21)33/h5-15,26,39H,4,16-17H2,1-3H3. The number of ketones is 1. The molecule has 0 aliphatic carbocycles. The molecule has 224 valence electrons. The summed E-state index contributed by atoms with van der Waals surface area (Å²) in [6, 6.07) is 17.5. The van der Waals surface area contributed by atoms with E-state index in [-0.39, 0.29) is 22.2 Å². The normalized spacial score (nSPS) is 16.3. The number of carbonyl (C=O) groups is 2. The topological polar surface area (TPSA) is 110 Å². The maximum Gasteiger partial charge on any atom is 0.301 e. The van der Waals surface area contributed by atoms with Crippen molar-refractivity contribution < 1.29 is 19.4 Å². The van der Waals surface area contributed by atoms with E-state index in [1.54, 1.807) is 24.3 Å². The first-order valence-corrected chi connectivity index (χ1v) is 16.1. The van der Waals surface area contributed by atoms with Crippen LogP contribution in [0.4, 0.5) is 5.13 Å². The molecule has 1 amide bonds. The van der Waals surface area contributed by atoms with E-state index >= 15 is 0 Å². The van der Waals surface area contributed by atoms with E-state index in [2.05, 4.69) is 15.2 Å². The van der Waals surface area contributed by atoms with Gasteiger partial charge >= 0.3 is 5.91 Å². The second-order valence-corrected chi connectivity index (χ2v) is 12.8. The average molecular weight is 646 g/mol. The summed E-state index contributed by atoms with van der Waals surface area (Å²) in [7, 11) is 0. The van der Waals surface area contributed by atoms with Gasteiger partial charge in [0.25, 0.3) is 5.78 Å². The lowest BCUT2D eigenvalue weighted by molar-refractivity contribution is -0.132. The van der Waals surface area contributed by atoms with Gasteiger partial charge in [-0.25, -0.2) is 4.98 Å². The van der Waals surface area contributed by atoms with E-state index in [9.17, 15) is 14.7 Å². The Bertz CT molecular complexity index is 1920. The molecule has 0 spiro atoms. The zero-order chi connectivity index (χ0) is 31.0. The smallest absolute Gasteiger partial charge is 0.301 e. The molecule has 1 atom stereocenters. The molecule has 1 N–H and O–H groups in total. The van der Waals surface area contributed by atoms with E-state index in [0.29, 0.717) is 44.4 Å². The summed E-state index contributed by atoms with van der Waals surface area (Å²) in [5.74, 6) is -0.761. The number of hydrogen-bond donors (Lipinski definition) is 1. The molecule has 0 radical (unpaired) electrons. The van der Waals surface area contributed by atoms with Crippen LogP contribution in [0.25, 0.3) is 11.4 Å². The quantitative estimate of drug-likeness (QED) is 0.0591. The van der Waals surface area contributed by atoms with Gasteiger partial charge in [0, 0.05) is 17.0 Å². The van der Waals surface area contributed by atoms with Crippen LogP contribution in [-0.4, -0.2) is 43.0 Å². The Morgan fingerprint density at radius 2 is 1.84 bits per heavy atom. The number of aryl methyl sites for hydroxylation is 2. The van der Waals surface area contributed by atoms with Gasteiger partial charge in [-0.1, -0.05) is 78.0 Å². The van der Waals surface area contributed by atoms with Gasteiger partial charge in [0.1, 0.15) is 17.1 Å². The number of ether oxygens (including phenoxy) is 1. The average Bonchev–Trinajstić information content (AvgIpc) is 3.71. The monoisotopic (exact) mass is 645 g/mol. The molecule has 1 aliphatic heterocycles. The number of thioether (sulfide) groups is 1. The Hall–Kier alpha value is -4.19. The number of amides is 1. The Morgan fingerprint density at radius 1 is 1.07 bits per heavy atom. The second kappa shape index (κ2) is 12.4. The molecular weight excluding hydrogens is 618 g/mol. The molecule has 0 bridgehead atoms. The van der Waals surface area contributed by atoms with Crippen LogP contribution in [0.15, 0.2) is 76.8 Å². The van der Waals surface area contributed by atoms with Crippen molar-refractivity contribution in [3.8, 4) is 5.75 Å². The van der Waals surface area contributed by atoms with Crippen molar-refractivity contribution in [1.29, 1.82) is 0 Å². The van der Waals surface area contributed by atoms with Crippen LogP contribution in [0, 0.1) is 13.8 Å². The van der Waals surface area contributed by atoms with Crippen LogP contribution in [0.1, 0.15) is 47.5 Å². The summed E-state index contributed by atoms with van der Waals surface area (Å²) in [6.45, 7) is 6.31. The first kappa shape index (κ1) is 29.9. The summed E-state index contributed by atoms with van der Waals surface area (Å²) in [4.78, 5) is 33.4. The minimum Gasteiger partial charge on any atom is -0.505 e. The lowest BCUT2D eigenvalue weighted by atomic mass is 9.96. The maximum absolute atomic E-state index is 13.7. The number of imidazole rings is 1. The second-order valence-electron chi connectivity index (χ2n) is 10.2. The van der Waals surface area contributed by atoms with E-state index < -0.39 is 17.7 Å². The summed E-state index contributed by atoms with van der Waals surface area (Å²) >= 11 is 8.95. The van der Waals surface area contributed by atoms with Crippen molar-refractivity contribution in [1.82, 2.24) is 19.6 Å². The molecule has 4 heterocycles. The molecule has 1 saturated heterocycles. The van der Waals surface area contributed by atoms with Crippen molar-refractivity contribution in [2.45, 2.75) is 43.3 Å². The van der Waals surface area contributed by atoms with Crippen molar-refractivity contribution >= 4 is 62.9 Å². The molecule has 0 saturated carbocycles. The van der Waals surface area contributed by atoms with E-state index in [0.717, 1.165) is 17.5 Å². The van der Waals surface area contributed by atoms with Crippen molar-refractivity contribution in [2.75, 3.05) is 11.5 Å². The number of Topliss-reactive ketones (excluding diaryl/α,β-unsaturated/α-hetero) is 1. The molecular formula is C32H28ClN5O4S2. The van der Waals surface area contributed by atoms with Crippen molar-refractivity contribution in [3.05, 3.63) is 106 Å². The van der Waals surface area contributed by atoms with Crippen LogP contribution in [0.2, 0.25) is 5.02 Å². The highest BCUT2D eigenvalue weighted by molar-refractivity contribution is 8.00. The van der Waals surface area contributed by atoms with Gasteiger partial charge in [-0.15, -0.1) is 10.2 Å². The molecule has 3 aromatic heterocycles. The molecule has 1 unspecified atom stereocenters. The van der Waals surface area contributed by atoms with Crippen molar-refractivity contribution in [2.24, 2.45) is 0 Å². The molecule has 44 heavy (non-hydrogen) atoms. The van der Waals surface area contributed by atoms with Gasteiger partial charge in [-0.05, 0) is 61.2 Å². The predicted molar refractivity (Wildman–Crippen MR) is 173 cm³/mol. The first-order valence-electron chi connectivity index (χ1n) is 14.0. The summed E-state index contributed by atoms with van der Waals surface area (Å²) in [5.41, 5.74) is 3.92. The molecule has 6 rings (SSSR count). The third-order valence-electron chi connectivity index (χ3n) is 7.33. The van der Waals surface area contributed by atoms with E-state index in [1.807, 2.05) is 67.8 Å². The number of carbonyl (C=O) groups excluding carboxylic acids is 2. The number of pyridine rings is 1. The number of aliphatic hydroxyl groups is 1. The summed E-state index contributed by atoms with van der Waals surface area (Å²) in [5, 5.41) is 21.2. The van der Waals surface area contributed by atoms with Crippen LogP contribution in [-0.2, 0) is 15.3 Å². The molecule has 9 nitrogen and oxygen atoms in total. The Kier molecular flexibility index (Phi) is 8.44.